The molecule has 0 bridgehead atoms. The Morgan fingerprint density at radius 1 is 1.44 bits per heavy atom. The number of thiazole rings is 1. The van der Waals surface area contributed by atoms with Crippen LogP contribution < -0.4 is 10.9 Å². The summed E-state index contributed by atoms with van der Waals surface area (Å²) < 4.78 is 6.50. The molecule has 25 heavy (non-hydrogen) atoms. The topological polar surface area (TPSA) is 116 Å². The first kappa shape index (κ1) is 16.6. The molecule has 0 aliphatic rings. The zero-order valence-corrected chi connectivity index (χ0v) is 13.8. The van der Waals surface area contributed by atoms with Crippen molar-refractivity contribution < 1.29 is 14.5 Å². The van der Waals surface area contributed by atoms with Gasteiger partial charge in [0.2, 0.25) is 0 Å². The van der Waals surface area contributed by atoms with Crippen LogP contribution in [0.2, 0.25) is 0 Å². The molecule has 1 aromatic carbocycles. The number of anilines is 1. The van der Waals surface area contributed by atoms with Crippen LogP contribution >= 0.6 is 11.3 Å². The largest absolute Gasteiger partial charge is 0.456 e. The number of nitrogens with one attached hydrogen (secondary N) is 1. The van der Waals surface area contributed by atoms with Crippen molar-refractivity contribution in [3.63, 3.8) is 0 Å². The van der Waals surface area contributed by atoms with Gasteiger partial charge in [-0.2, -0.15) is 0 Å². The molecule has 0 atom stereocenters. The molecule has 3 aromatic rings. The van der Waals surface area contributed by atoms with E-state index < -0.39 is 10.9 Å². The molecule has 0 unspecified atom stereocenters. The predicted molar refractivity (Wildman–Crippen MR) is 91.1 cm³/mol. The summed E-state index contributed by atoms with van der Waals surface area (Å²) >= 11 is 1.28. The Kier molecular flexibility index (Phi) is 4.44. The number of benzene rings is 1. The van der Waals surface area contributed by atoms with E-state index in [4.69, 9.17) is 4.74 Å². The Morgan fingerprint density at radius 3 is 2.96 bits per heavy atom. The smallest absolute Gasteiger partial charge is 0.338 e. The molecule has 1 N–H and O–H groups in total. The lowest BCUT2D eigenvalue weighted by Gasteiger charge is -2.06. The molecule has 0 saturated carbocycles. The Hall–Kier alpha value is -3.27. The lowest BCUT2D eigenvalue weighted by atomic mass is 10.1. The van der Waals surface area contributed by atoms with Gasteiger partial charge in [0, 0.05) is 30.8 Å². The second-order valence-electron chi connectivity index (χ2n) is 4.96. The number of carbonyl (C=O) groups is 1. The van der Waals surface area contributed by atoms with Crippen molar-refractivity contribution in [2.45, 2.75) is 6.61 Å². The number of rotatable bonds is 5. The quantitative estimate of drug-likeness (QED) is 0.420. The van der Waals surface area contributed by atoms with Gasteiger partial charge < -0.3 is 10.1 Å². The fourth-order valence-electron chi connectivity index (χ4n) is 2.21. The second kappa shape index (κ2) is 6.69. The van der Waals surface area contributed by atoms with Gasteiger partial charge in [-0.3, -0.25) is 19.3 Å². The number of ether oxygens (including phenoxy) is 1. The van der Waals surface area contributed by atoms with Gasteiger partial charge in [-0.15, -0.1) is 11.3 Å². The van der Waals surface area contributed by atoms with E-state index in [1.54, 1.807) is 18.6 Å². The van der Waals surface area contributed by atoms with Gasteiger partial charge in [0.15, 0.2) is 4.96 Å². The van der Waals surface area contributed by atoms with Crippen LogP contribution in [-0.2, 0) is 11.3 Å². The third kappa shape index (κ3) is 3.33. The molecule has 2 heterocycles. The second-order valence-corrected chi connectivity index (χ2v) is 5.83. The minimum absolute atomic E-state index is 0.0413. The van der Waals surface area contributed by atoms with Crippen LogP contribution in [0.3, 0.4) is 0 Å². The molecule has 0 saturated heterocycles. The molecule has 9 nitrogen and oxygen atoms in total. The molecule has 10 heteroatoms. The molecule has 2 aromatic heterocycles. The van der Waals surface area contributed by atoms with Gasteiger partial charge in [-0.25, -0.2) is 9.78 Å². The van der Waals surface area contributed by atoms with Crippen molar-refractivity contribution >= 4 is 33.6 Å². The fourth-order valence-corrected chi connectivity index (χ4v) is 2.94. The van der Waals surface area contributed by atoms with E-state index in [0.29, 0.717) is 16.3 Å². The summed E-state index contributed by atoms with van der Waals surface area (Å²) in [6.07, 6.45) is 1.60. The van der Waals surface area contributed by atoms with Crippen molar-refractivity contribution in [1.82, 2.24) is 9.38 Å². The number of esters is 1. The van der Waals surface area contributed by atoms with Crippen molar-refractivity contribution in [3.8, 4) is 0 Å². The Morgan fingerprint density at radius 2 is 2.24 bits per heavy atom. The normalized spacial score (nSPS) is 10.6. The number of hydrogen-bond donors (Lipinski definition) is 1. The van der Waals surface area contributed by atoms with Crippen molar-refractivity contribution in [2.24, 2.45) is 0 Å². The minimum Gasteiger partial charge on any atom is -0.456 e. The van der Waals surface area contributed by atoms with Gasteiger partial charge >= 0.3 is 5.97 Å². The van der Waals surface area contributed by atoms with E-state index in [-0.39, 0.29) is 23.4 Å². The van der Waals surface area contributed by atoms with E-state index >= 15 is 0 Å². The lowest BCUT2D eigenvalue weighted by molar-refractivity contribution is -0.384. The Labute approximate surface area is 144 Å². The van der Waals surface area contributed by atoms with Gasteiger partial charge in [0.25, 0.3) is 11.2 Å². The van der Waals surface area contributed by atoms with E-state index in [9.17, 15) is 19.7 Å². The first-order chi connectivity index (χ1) is 12.0. The molecule has 3 rings (SSSR count). The summed E-state index contributed by atoms with van der Waals surface area (Å²) in [5.41, 5.74) is 0.140. The molecule has 0 spiro atoms. The molecule has 0 aliphatic heterocycles. The van der Waals surface area contributed by atoms with Crippen LogP contribution in [-0.4, -0.2) is 27.3 Å². The number of nitro benzene ring substituents is 1. The fraction of sp³-hybridized carbons (Fsp3) is 0.133. The van der Waals surface area contributed by atoms with E-state index in [1.807, 2.05) is 0 Å². The zero-order chi connectivity index (χ0) is 18.0. The van der Waals surface area contributed by atoms with E-state index in [2.05, 4.69) is 10.3 Å². The molecular formula is C15H12N4O5S. The SMILES string of the molecule is CNc1ccc(C(=O)OCc2cc(=O)n3ccsc3n2)cc1[N+](=O)[O-]. The summed E-state index contributed by atoms with van der Waals surface area (Å²) in [4.78, 5) is 39.2. The maximum Gasteiger partial charge on any atom is 0.338 e. The highest BCUT2D eigenvalue weighted by atomic mass is 32.1. The van der Waals surface area contributed by atoms with Gasteiger partial charge in [0.05, 0.1) is 16.2 Å². The highest BCUT2D eigenvalue weighted by molar-refractivity contribution is 7.15. The van der Waals surface area contributed by atoms with Crippen LogP contribution in [0, 0.1) is 10.1 Å². The number of nitro groups is 1. The van der Waals surface area contributed by atoms with Crippen LogP contribution in [0.1, 0.15) is 16.1 Å². The van der Waals surface area contributed by atoms with Crippen molar-refractivity contribution in [1.29, 1.82) is 0 Å². The van der Waals surface area contributed by atoms with Crippen LogP contribution in [0.15, 0.2) is 40.6 Å². The average molecular weight is 360 g/mol. The van der Waals surface area contributed by atoms with E-state index in [0.717, 1.165) is 6.07 Å². The van der Waals surface area contributed by atoms with Crippen molar-refractivity contribution in [2.75, 3.05) is 12.4 Å². The van der Waals surface area contributed by atoms with Crippen LogP contribution in [0.5, 0.6) is 0 Å². The first-order valence-corrected chi connectivity index (χ1v) is 7.96. The highest BCUT2D eigenvalue weighted by Gasteiger charge is 2.18. The first-order valence-electron chi connectivity index (χ1n) is 7.08. The standard InChI is InChI=1S/C15H12N4O5S/c1-16-11-3-2-9(6-12(11)19(22)23)14(21)24-8-10-7-13(20)18-4-5-25-15(18)17-10/h2-7,16H,8H2,1H3. The molecule has 0 aliphatic carbocycles. The van der Waals surface area contributed by atoms with Gasteiger partial charge in [0.1, 0.15) is 12.3 Å². The van der Waals surface area contributed by atoms with E-state index in [1.165, 1.54) is 33.9 Å². The maximum absolute atomic E-state index is 12.1. The number of aromatic nitrogens is 2. The number of fused-ring (bicyclic) bond motifs is 1. The summed E-state index contributed by atoms with van der Waals surface area (Å²) in [6, 6.07) is 5.27. The third-order valence-corrected chi connectivity index (χ3v) is 4.16. The van der Waals surface area contributed by atoms with Gasteiger partial charge in [-0.05, 0) is 12.1 Å². The molecule has 0 fully saturated rings. The number of carbonyl (C=O) groups excluding carboxylic acids is 1. The number of nitrogens with zero attached hydrogens (tertiary/aromatic N) is 3. The van der Waals surface area contributed by atoms with Crippen LogP contribution in [0.25, 0.3) is 4.96 Å². The monoisotopic (exact) mass is 360 g/mol. The zero-order valence-electron chi connectivity index (χ0n) is 13.0. The molecule has 128 valence electrons. The molecule has 0 amide bonds. The molecule has 0 radical (unpaired) electrons. The van der Waals surface area contributed by atoms with Crippen LogP contribution in [0.4, 0.5) is 11.4 Å². The maximum atomic E-state index is 12.1. The Balaban J connectivity index is 1.79. The minimum atomic E-state index is -0.737. The summed E-state index contributed by atoms with van der Waals surface area (Å²) in [5.74, 6) is -0.737. The third-order valence-electron chi connectivity index (χ3n) is 3.41. The summed E-state index contributed by atoms with van der Waals surface area (Å²) in [7, 11) is 1.55. The Bertz CT molecular complexity index is 1030. The average Bonchev–Trinajstić information content (AvgIpc) is 3.08. The van der Waals surface area contributed by atoms with Gasteiger partial charge in [-0.1, -0.05) is 0 Å². The molecular weight excluding hydrogens is 348 g/mol. The summed E-state index contributed by atoms with van der Waals surface area (Å²) in [6.45, 7) is -0.204. The predicted octanol–water partition coefficient (Wildman–Crippen LogP) is 2.06. The summed E-state index contributed by atoms with van der Waals surface area (Å²) in [5, 5.41) is 15.4. The highest BCUT2D eigenvalue weighted by Crippen LogP contribution is 2.25. The van der Waals surface area contributed by atoms with Crippen molar-refractivity contribution in [3.05, 3.63) is 67.6 Å². The number of hydrogen-bond acceptors (Lipinski definition) is 8. The lowest BCUT2D eigenvalue weighted by Crippen LogP contribution is -2.14.